The number of carbonyl (C=O) groups excluding carboxylic acids is 2. The molecule has 0 aromatic carbocycles. The van der Waals surface area contributed by atoms with E-state index in [9.17, 15) is 14.4 Å². The summed E-state index contributed by atoms with van der Waals surface area (Å²) in [5, 5.41) is 24.6. The molecule has 12 heteroatoms. The fraction of sp³-hybridized carbons (Fsp3) is 0.400. The smallest absolute Gasteiger partial charge is 0.303 e. The number of rotatable bonds is 7. The van der Waals surface area contributed by atoms with Crippen molar-refractivity contribution in [3.63, 3.8) is 0 Å². The summed E-state index contributed by atoms with van der Waals surface area (Å²) in [6, 6.07) is 1.59. The van der Waals surface area contributed by atoms with Gasteiger partial charge in [-0.15, -0.1) is 10.2 Å². The molecule has 0 spiro atoms. The number of fused-ring (bicyclic) bond motifs is 1. The Balaban J connectivity index is 1.76. The Morgan fingerprint density at radius 1 is 1.44 bits per heavy atom. The number of carboxylic acid groups (broad SMARTS) is 1. The van der Waals surface area contributed by atoms with Gasteiger partial charge in [-0.1, -0.05) is 11.3 Å². The van der Waals surface area contributed by atoms with Gasteiger partial charge in [0.1, 0.15) is 11.9 Å². The molecule has 5 N–H and O–H groups in total. The second-order valence-corrected chi connectivity index (χ2v) is 6.00. The third-order valence-corrected chi connectivity index (χ3v) is 4.16. The maximum absolute atomic E-state index is 12.8. The fourth-order valence-electron chi connectivity index (χ4n) is 2.84. The van der Waals surface area contributed by atoms with Gasteiger partial charge >= 0.3 is 5.97 Å². The summed E-state index contributed by atoms with van der Waals surface area (Å²) < 4.78 is 0. The second-order valence-electron chi connectivity index (χ2n) is 6.00. The first-order chi connectivity index (χ1) is 13.0. The molecule has 0 fully saturated rings. The van der Waals surface area contributed by atoms with Crippen molar-refractivity contribution in [1.29, 1.82) is 0 Å². The number of pyridine rings is 1. The number of tetrazole rings is 1. The van der Waals surface area contributed by atoms with Crippen LogP contribution in [0.4, 0.5) is 5.82 Å². The van der Waals surface area contributed by atoms with E-state index in [0.717, 1.165) is 5.56 Å². The number of H-pyrrole nitrogens is 1. The van der Waals surface area contributed by atoms with E-state index in [2.05, 4.69) is 30.9 Å². The zero-order valence-electron chi connectivity index (χ0n) is 14.2. The molecule has 2 unspecified atom stereocenters. The average Bonchev–Trinajstić information content (AvgIpc) is 3.30. The summed E-state index contributed by atoms with van der Waals surface area (Å²) in [4.78, 5) is 41.7. The molecule has 2 atom stereocenters. The Morgan fingerprint density at radius 3 is 2.96 bits per heavy atom. The predicted molar refractivity (Wildman–Crippen MR) is 90.1 cm³/mol. The zero-order valence-corrected chi connectivity index (χ0v) is 14.2. The van der Waals surface area contributed by atoms with Crippen LogP contribution in [0.3, 0.4) is 0 Å². The predicted octanol–water partition coefficient (Wildman–Crippen LogP) is -1.64. The Bertz CT molecular complexity index is 840. The van der Waals surface area contributed by atoms with Gasteiger partial charge in [-0.3, -0.25) is 19.3 Å². The summed E-state index contributed by atoms with van der Waals surface area (Å²) in [5.41, 5.74) is 6.60. The van der Waals surface area contributed by atoms with Crippen molar-refractivity contribution >= 4 is 23.6 Å². The highest BCUT2D eigenvalue weighted by Crippen LogP contribution is 2.30. The molecule has 1 aliphatic heterocycles. The minimum absolute atomic E-state index is 0.0377. The van der Waals surface area contributed by atoms with Crippen molar-refractivity contribution < 1.29 is 19.5 Å². The summed E-state index contributed by atoms with van der Waals surface area (Å²) in [5.74, 6) is -1.36. The molecular formula is C15H18N8O4. The Morgan fingerprint density at radius 2 is 2.26 bits per heavy atom. The highest BCUT2D eigenvalue weighted by atomic mass is 16.4. The lowest BCUT2D eigenvalue weighted by Gasteiger charge is -2.26. The van der Waals surface area contributed by atoms with Crippen LogP contribution in [0.5, 0.6) is 0 Å². The van der Waals surface area contributed by atoms with Crippen LogP contribution in [0.15, 0.2) is 18.3 Å². The highest BCUT2D eigenvalue weighted by molar-refractivity contribution is 6.04. The molecule has 1 aliphatic rings. The van der Waals surface area contributed by atoms with Crippen LogP contribution in [0.2, 0.25) is 0 Å². The van der Waals surface area contributed by atoms with Crippen LogP contribution in [0.25, 0.3) is 0 Å². The van der Waals surface area contributed by atoms with Crippen molar-refractivity contribution in [3.05, 3.63) is 29.7 Å². The molecule has 3 heterocycles. The monoisotopic (exact) mass is 374 g/mol. The number of hydrogen-bond acceptors (Lipinski definition) is 8. The maximum atomic E-state index is 12.8. The van der Waals surface area contributed by atoms with Gasteiger partial charge in [-0.2, -0.15) is 5.21 Å². The number of hydrogen-bond donors (Lipinski definition) is 4. The summed E-state index contributed by atoms with van der Waals surface area (Å²) in [6.07, 6.45) is 1.51. The van der Waals surface area contributed by atoms with Crippen LogP contribution in [-0.4, -0.2) is 60.6 Å². The number of carboxylic acids is 1. The lowest BCUT2D eigenvalue weighted by molar-refractivity contribution is -0.137. The molecule has 0 saturated carbocycles. The molecule has 2 aromatic rings. The lowest BCUT2D eigenvalue weighted by Crippen LogP contribution is -2.53. The van der Waals surface area contributed by atoms with Crippen LogP contribution in [0, 0.1) is 0 Å². The first-order valence-electron chi connectivity index (χ1n) is 8.21. The minimum Gasteiger partial charge on any atom is -0.481 e. The van der Waals surface area contributed by atoms with Gasteiger partial charge in [0.25, 0.3) is 0 Å². The molecule has 0 bridgehead atoms. The maximum Gasteiger partial charge on any atom is 0.303 e. The standard InChI is InChI=1S/C15H18N8O4/c16-9(3-4-12(24)25)15(27)23-10(6-8-2-1-5-17-13(8)23)14(26)18-7-11-19-21-22-20-11/h1-2,5,9-10H,3-4,6-7,16H2,(H,18,26)(H,24,25)(H,19,20,21,22). The van der Waals surface area contributed by atoms with Crippen LogP contribution in [-0.2, 0) is 27.3 Å². The molecule has 0 saturated heterocycles. The summed E-state index contributed by atoms with van der Waals surface area (Å²) >= 11 is 0. The number of aromatic nitrogens is 5. The van der Waals surface area contributed by atoms with Gasteiger partial charge in [-0.05, 0) is 18.1 Å². The topological polar surface area (TPSA) is 180 Å². The third kappa shape index (κ3) is 4.06. The van der Waals surface area contributed by atoms with Gasteiger partial charge in [-0.25, -0.2) is 4.98 Å². The Labute approximate surface area is 153 Å². The Hall–Kier alpha value is -3.41. The normalized spacial score (nSPS) is 16.6. The first-order valence-corrected chi connectivity index (χ1v) is 8.21. The van der Waals surface area contributed by atoms with E-state index in [0.29, 0.717) is 11.6 Å². The van der Waals surface area contributed by atoms with E-state index < -0.39 is 29.9 Å². The average molecular weight is 374 g/mol. The van der Waals surface area contributed by atoms with Crippen LogP contribution >= 0.6 is 0 Å². The molecule has 142 valence electrons. The van der Waals surface area contributed by atoms with E-state index in [1.54, 1.807) is 12.1 Å². The molecule has 0 radical (unpaired) electrons. The van der Waals surface area contributed by atoms with Crippen molar-refractivity contribution in [2.45, 2.75) is 37.9 Å². The number of nitrogens with one attached hydrogen (secondary N) is 2. The van der Waals surface area contributed by atoms with E-state index in [4.69, 9.17) is 10.8 Å². The number of anilines is 1. The van der Waals surface area contributed by atoms with Gasteiger partial charge in [0.2, 0.25) is 11.8 Å². The number of nitrogens with two attached hydrogens (primary N) is 1. The molecule has 27 heavy (non-hydrogen) atoms. The quantitative estimate of drug-likeness (QED) is 0.442. The van der Waals surface area contributed by atoms with Crippen molar-refractivity contribution in [3.8, 4) is 0 Å². The SMILES string of the molecule is NC(CCC(=O)O)C(=O)N1c2ncccc2CC1C(=O)NCc1nn[nH]n1. The number of carbonyl (C=O) groups is 3. The summed E-state index contributed by atoms with van der Waals surface area (Å²) in [6.45, 7) is 0.0444. The van der Waals surface area contributed by atoms with Gasteiger partial charge < -0.3 is 16.2 Å². The highest BCUT2D eigenvalue weighted by Gasteiger charge is 2.40. The van der Waals surface area contributed by atoms with E-state index in [1.165, 1.54) is 11.1 Å². The molecule has 3 rings (SSSR count). The van der Waals surface area contributed by atoms with E-state index >= 15 is 0 Å². The second kappa shape index (κ2) is 7.86. The van der Waals surface area contributed by atoms with Gasteiger partial charge in [0.15, 0.2) is 5.82 Å². The fourth-order valence-corrected chi connectivity index (χ4v) is 2.84. The summed E-state index contributed by atoms with van der Waals surface area (Å²) in [7, 11) is 0. The van der Waals surface area contributed by atoms with Gasteiger partial charge in [0.05, 0.1) is 12.6 Å². The molecule has 2 amide bonds. The molecular weight excluding hydrogens is 356 g/mol. The number of aromatic amines is 1. The molecule has 2 aromatic heterocycles. The number of aliphatic carboxylic acids is 1. The molecule has 12 nitrogen and oxygen atoms in total. The van der Waals surface area contributed by atoms with Crippen LogP contribution < -0.4 is 16.0 Å². The van der Waals surface area contributed by atoms with E-state index in [1.807, 2.05) is 0 Å². The molecule has 0 aliphatic carbocycles. The largest absolute Gasteiger partial charge is 0.481 e. The zero-order chi connectivity index (χ0) is 19.4. The number of amides is 2. The van der Waals surface area contributed by atoms with Crippen molar-refractivity contribution in [1.82, 2.24) is 30.9 Å². The third-order valence-electron chi connectivity index (χ3n) is 4.16. The van der Waals surface area contributed by atoms with Crippen LogP contribution in [0.1, 0.15) is 24.2 Å². The van der Waals surface area contributed by atoms with Crippen molar-refractivity contribution in [2.75, 3.05) is 4.90 Å². The van der Waals surface area contributed by atoms with E-state index in [-0.39, 0.29) is 25.8 Å². The number of nitrogens with zero attached hydrogens (tertiary/aromatic N) is 5. The Kier molecular flexibility index (Phi) is 5.35. The van der Waals surface area contributed by atoms with Crippen molar-refractivity contribution in [2.24, 2.45) is 5.73 Å². The first kappa shape index (κ1) is 18.4. The van der Waals surface area contributed by atoms with Gasteiger partial charge in [0, 0.05) is 19.0 Å². The lowest BCUT2D eigenvalue weighted by atomic mass is 10.1. The minimum atomic E-state index is -1.05.